The first-order valence-corrected chi connectivity index (χ1v) is 10.2. The summed E-state index contributed by atoms with van der Waals surface area (Å²) in [5.41, 5.74) is -0.236. The molecule has 0 aromatic carbocycles. The van der Waals surface area contributed by atoms with Gasteiger partial charge in [0.1, 0.15) is 0 Å². The van der Waals surface area contributed by atoms with E-state index < -0.39 is 14.1 Å². The molecule has 0 amide bonds. The quantitative estimate of drug-likeness (QED) is 0.721. The molecule has 1 aliphatic heterocycles. The molecule has 0 aliphatic carbocycles. The molecule has 0 spiro atoms. The molecular weight excluding hydrogens is 256 g/mol. The fraction of sp³-hybridized carbons (Fsp3) is 1.00. The first-order valence-electron chi connectivity index (χ1n) is 7.29. The van der Waals surface area contributed by atoms with Crippen molar-refractivity contribution in [3.05, 3.63) is 0 Å². The van der Waals surface area contributed by atoms with Crippen LogP contribution in [0.25, 0.3) is 0 Å². The second-order valence-electron chi connectivity index (χ2n) is 8.11. The number of rotatable bonds is 4. The molecule has 1 rings (SSSR count). The van der Waals surface area contributed by atoms with Gasteiger partial charge < -0.3 is 13.9 Å². The monoisotopic (exact) mass is 288 g/mol. The molecular formula is C15H32O3Si. The van der Waals surface area contributed by atoms with Crippen LogP contribution in [-0.2, 0) is 13.9 Å². The first-order chi connectivity index (χ1) is 8.27. The van der Waals surface area contributed by atoms with Gasteiger partial charge in [-0.15, -0.1) is 0 Å². The van der Waals surface area contributed by atoms with Crippen molar-refractivity contribution in [2.45, 2.75) is 90.5 Å². The van der Waals surface area contributed by atoms with E-state index in [1.165, 1.54) is 0 Å². The van der Waals surface area contributed by atoms with Gasteiger partial charge in [-0.25, -0.2) is 0 Å². The molecule has 0 N–H and O–H groups in total. The van der Waals surface area contributed by atoms with E-state index in [0.29, 0.717) is 0 Å². The third-order valence-electron chi connectivity index (χ3n) is 4.36. The zero-order valence-electron chi connectivity index (χ0n) is 14.2. The van der Waals surface area contributed by atoms with Crippen LogP contribution < -0.4 is 0 Å². The van der Waals surface area contributed by atoms with Crippen molar-refractivity contribution in [3.63, 3.8) is 0 Å². The lowest BCUT2D eigenvalue weighted by atomic mass is 10.00. The fourth-order valence-corrected chi connectivity index (χ4v) is 3.31. The highest BCUT2D eigenvalue weighted by Gasteiger charge is 2.47. The number of hydrogen-bond donors (Lipinski definition) is 0. The minimum Gasteiger partial charge on any atom is -0.417 e. The van der Waals surface area contributed by atoms with Crippen molar-refractivity contribution >= 4 is 8.32 Å². The lowest BCUT2D eigenvalue weighted by molar-refractivity contribution is -0.157. The van der Waals surface area contributed by atoms with E-state index in [0.717, 1.165) is 13.0 Å². The predicted octanol–water partition coefficient (Wildman–Crippen LogP) is 4.33. The summed E-state index contributed by atoms with van der Waals surface area (Å²) in [4.78, 5) is 0. The molecule has 0 bridgehead atoms. The summed E-state index contributed by atoms with van der Waals surface area (Å²) >= 11 is 0. The standard InChI is InChI=1S/C15H32O3Si/c1-13(2,3)19(8,9)16-11-10-12-14(4,5)18-15(6,7)17-12/h12H,10-11H2,1-9H3/t12-/m0/s1. The molecule has 0 aromatic heterocycles. The van der Waals surface area contributed by atoms with Gasteiger partial charge in [0.05, 0.1) is 11.7 Å². The van der Waals surface area contributed by atoms with Gasteiger partial charge in [0, 0.05) is 6.61 Å². The minimum absolute atomic E-state index is 0.104. The zero-order chi connectivity index (χ0) is 15.1. The van der Waals surface area contributed by atoms with E-state index >= 15 is 0 Å². The molecule has 1 atom stereocenters. The van der Waals surface area contributed by atoms with Crippen molar-refractivity contribution in [2.75, 3.05) is 6.61 Å². The molecule has 1 fully saturated rings. The first kappa shape index (κ1) is 17.1. The Morgan fingerprint density at radius 3 is 2.00 bits per heavy atom. The summed E-state index contributed by atoms with van der Waals surface area (Å²) in [7, 11) is -1.66. The van der Waals surface area contributed by atoms with Crippen LogP contribution in [0.4, 0.5) is 0 Å². The molecule has 114 valence electrons. The lowest BCUT2D eigenvalue weighted by Crippen LogP contribution is -2.42. The van der Waals surface area contributed by atoms with Crippen molar-refractivity contribution in [3.8, 4) is 0 Å². The van der Waals surface area contributed by atoms with Crippen molar-refractivity contribution < 1.29 is 13.9 Å². The highest BCUT2D eigenvalue weighted by molar-refractivity contribution is 6.74. The summed E-state index contributed by atoms with van der Waals surface area (Å²) < 4.78 is 18.1. The fourth-order valence-electron chi connectivity index (χ4n) is 2.25. The molecule has 0 unspecified atom stereocenters. The van der Waals surface area contributed by atoms with Gasteiger partial charge in [0.25, 0.3) is 0 Å². The van der Waals surface area contributed by atoms with Gasteiger partial charge in [-0.2, -0.15) is 0 Å². The summed E-state index contributed by atoms with van der Waals surface area (Å²) in [5.74, 6) is -0.481. The van der Waals surface area contributed by atoms with Crippen molar-refractivity contribution in [1.82, 2.24) is 0 Å². The Labute approximate surface area is 120 Å². The smallest absolute Gasteiger partial charge is 0.191 e. The molecule has 4 heteroatoms. The van der Waals surface area contributed by atoms with E-state index in [-0.39, 0.29) is 16.7 Å². The second kappa shape index (κ2) is 5.13. The normalized spacial score (nSPS) is 26.7. The van der Waals surface area contributed by atoms with Crippen LogP contribution in [0.15, 0.2) is 0 Å². The largest absolute Gasteiger partial charge is 0.417 e. The van der Waals surface area contributed by atoms with Crippen LogP contribution in [0.2, 0.25) is 18.1 Å². The minimum atomic E-state index is -1.66. The Morgan fingerprint density at radius 2 is 1.63 bits per heavy atom. The molecule has 3 nitrogen and oxygen atoms in total. The van der Waals surface area contributed by atoms with Crippen molar-refractivity contribution in [2.24, 2.45) is 0 Å². The third-order valence-corrected chi connectivity index (χ3v) is 8.90. The van der Waals surface area contributed by atoms with E-state index in [4.69, 9.17) is 13.9 Å². The maximum absolute atomic E-state index is 6.22. The van der Waals surface area contributed by atoms with Gasteiger partial charge in [-0.05, 0) is 52.2 Å². The van der Waals surface area contributed by atoms with E-state index in [9.17, 15) is 0 Å². The maximum atomic E-state index is 6.22. The molecule has 1 saturated heterocycles. The highest BCUT2D eigenvalue weighted by atomic mass is 28.4. The Kier molecular flexibility index (Phi) is 4.63. The van der Waals surface area contributed by atoms with Crippen LogP contribution in [-0.4, -0.2) is 32.4 Å². The molecule has 0 radical (unpaired) electrons. The average molecular weight is 289 g/mol. The van der Waals surface area contributed by atoms with Crippen LogP contribution in [0, 0.1) is 0 Å². The van der Waals surface area contributed by atoms with E-state index in [1.807, 2.05) is 13.8 Å². The summed E-state index contributed by atoms with van der Waals surface area (Å²) in [6.07, 6.45) is 0.996. The lowest BCUT2D eigenvalue weighted by Gasteiger charge is -2.36. The summed E-state index contributed by atoms with van der Waals surface area (Å²) in [5, 5.41) is 0.259. The van der Waals surface area contributed by atoms with Crippen molar-refractivity contribution in [1.29, 1.82) is 0 Å². The summed E-state index contributed by atoms with van der Waals surface area (Å²) in [6.45, 7) is 20.3. The Bertz CT molecular complexity index is 316. The Balaban J connectivity index is 2.51. The molecule has 19 heavy (non-hydrogen) atoms. The van der Waals surface area contributed by atoms with Gasteiger partial charge in [-0.3, -0.25) is 0 Å². The van der Waals surface area contributed by atoms with E-state index in [2.05, 4.69) is 47.7 Å². The van der Waals surface area contributed by atoms with Gasteiger partial charge in [0.15, 0.2) is 14.1 Å². The average Bonchev–Trinajstić information content (AvgIpc) is 2.31. The third kappa shape index (κ3) is 4.28. The maximum Gasteiger partial charge on any atom is 0.191 e. The number of ether oxygens (including phenoxy) is 2. The van der Waals surface area contributed by atoms with Crippen LogP contribution >= 0.6 is 0 Å². The van der Waals surface area contributed by atoms with Crippen LogP contribution in [0.1, 0.15) is 54.9 Å². The Morgan fingerprint density at radius 1 is 1.11 bits per heavy atom. The molecule has 0 saturated carbocycles. The second-order valence-corrected chi connectivity index (χ2v) is 12.9. The van der Waals surface area contributed by atoms with Crippen LogP contribution in [0.5, 0.6) is 0 Å². The zero-order valence-corrected chi connectivity index (χ0v) is 15.2. The van der Waals surface area contributed by atoms with Gasteiger partial charge >= 0.3 is 0 Å². The summed E-state index contributed by atoms with van der Waals surface area (Å²) in [6, 6.07) is 0. The van der Waals surface area contributed by atoms with E-state index in [1.54, 1.807) is 0 Å². The highest BCUT2D eigenvalue weighted by Crippen LogP contribution is 2.39. The molecule has 1 aliphatic rings. The van der Waals surface area contributed by atoms with Gasteiger partial charge in [0.2, 0.25) is 0 Å². The van der Waals surface area contributed by atoms with Gasteiger partial charge in [-0.1, -0.05) is 20.8 Å². The SMILES string of the molecule is CC1(C)O[C@@H](CCO[Si](C)(C)C(C)(C)C)C(C)(C)O1. The molecule has 0 aromatic rings. The number of hydrogen-bond acceptors (Lipinski definition) is 3. The topological polar surface area (TPSA) is 27.7 Å². The predicted molar refractivity (Wildman–Crippen MR) is 81.9 cm³/mol. The molecule has 1 heterocycles. The van der Waals surface area contributed by atoms with Crippen LogP contribution in [0.3, 0.4) is 0 Å². The Hall–Kier alpha value is 0.0969.